The molecule has 0 saturated heterocycles. The van der Waals surface area contributed by atoms with E-state index in [2.05, 4.69) is 35.3 Å². The van der Waals surface area contributed by atoms with Gasteiger partial charge >= 0.3 is 0 Å². The molecule has 6 heteroatoms. The fraction of sp³-hybridized carbons (Fsp3) is 0.250. The second-order valence-electron chi connectivity index (χ2n) is 6.29. The third-order valence-corrected chi connectivity index (χ3v) is 4.01. The highest BCUT2D eigenvalue weighted by Gasteiger charge is 2.09. The molecule has 0 amide bonds. The third kappa shape index (κ3) is 4.58. The molecule has 0 fully saturated rings. The van der Waals surface area contributed by atoms with Crippen molar-refractivity contribution in [3.63, 3.8) is 0 Å². The van der Waals surface area contributed by atoms with Crippen LogP contribution in [0.3, 0.4) is 0 Å². The van der Waals surface area contributed by atoms with Crippen molar-refractivity contribution < 1.29 is 4.74 Å². The lowest BCUT2D eigenvalue weighted by molar-refractivity contribution is 0.240. The van der Waals surface area contributed by atoms with Crippen LogP contribution in [0.15, 0.2) is 42.5 Å². The van der Waals surface area contributed by atoms with E-state index in [4.69, 9.17) is 16.2 Å². The molecule has 1 aromatic heterocycles. The summed E-state index contributed by atoms with van der Waals surface area (Å²) >= 11 is 0. The number of nitrogen functional groups attached to an aromatic ring is 1. The predicted octanol–water partition coefficient (Wildman–Crippen LogP) is 4.88. The fourth-order valence-electron chi connectivity index (χ4n) is 2.90. The molecule has 140 valence electrons. The number of ether oxygens (including phenoxy) is 1. The van der Waals surface area contributed by atoms with E-state index in [-0.39, 0.29) is 30.9 Å². The van der Waals surface area contributed by atoms with E-state index in [9.17, 15) is 0 Å². The lowest BCUT2D eigenvalue weighted by atomic mass is 9.99. The average molecular weight is 394 g/mol. The second kappa shape index (κ2) is 9.08. The first-order valence-corrected chi connectivity index (χ1v) is 8.15. The summed E-state index contributed by atoms with van der Waals surface area (Å²) < 4.78 is 5.82. The zero-order valence-electron chi connectivity index (χ0n) is 15.2. The van der Waals surface area contributed by atoms with Gasteiger partial charge in [-0.05, 0) is 61.7 Å². The van der Waals surface area contributed by atoms with Crippen LogP contribution in [0.1, 0.15) is 25.0 Å². The fourth-order valence-corrected chi connectivity index (χ4v) is 2.90. The van der Waals surface area contributed by atoms with Gasteiger partial charge in [-0.2, -0.15) is 0 Å². The Morgan fingerprint density at radius 3 is 2.31 bits per heavy atom. The monoisotopic (exact) mass is 393 g/mol. The van der Waals surface area contributed by atoms with Gasteiger partial charge in [-0.1, -0.05) is 18.2 Å². The number of halogens is 2. The Morgan fingerprint density at radius 1 is 1.00 bits per heavy atom. The van der Waals surface area contributed by atoms with Gasteiger partial charge in [0.25, 0.3) is 0 Å². The summed E-state index contributed by atoms with van der Waals surface area (Å²) in [6.45, 7) is 6.50. The lowest BCUT2D eigenvalue weighted by Gasteiger charge is -2.15. The largest absolute Gasteiger partial charge is 0.491 e. The summed E-state index contributed by atoms with van der Waals surface area (Å²) in [5.74, 6) is 1.38. The van der Waals surface area contributed by atoms with Gasteiger partial charge in [0, 0.05) is 17.5 Å². The van der Waals surface area contributed by atoms with Crippen LogP contribution in [0.25, 0.3) is 22.0 Å². The number of aryl methyl sites for hydroxylation is 1. The normalized spacial score (nSPS) is 10.3. The van der Waals surface area contributed by atoms with Gasteiger partial charge in [0.2, 0.25) is 0 Å². The lowest BCUT2D eigenvalue weighted by Crippen LogP contribution is -2.09. The number of fused-ring (bicyclic) bond motifs is 1. The van der Waals surface area contributed by atoms with Crippen LogP contribution in [0.5, 0.6) is 5.75 Å². The zero-order chi connectivity index (χ0) is 17.3. The van der Waals surface area contributed by atoms with Gasteiger partial charge in [-0.3, -0.25) is 0 Å². The first-order chi connectivity index (χ1) is 11.5. The van der Waals surface area contributed by atoms with E-state index in [1.54, 1.807) is 0 Å². The molecule has 3 aromatic rings. The molecule has 4 N–H and O–H groups in total. The quantitative estimate of drug-likeness (QED) is 0.661. The maximum atomic E-state index is 5.89. The summed E-state index contributed by atoms with van der Waals surface area (Å²) in [6, 6.07) is 14.3. The zero-order valence-corrected chi connectivity index (χ0v) is 16.8. The van der Waals surface area contributed by atoms with Crippen LogP contribution < -0.4 is 16.2 Å². The van der Waals surface area contributed by atoms with Crippen molar-refractivity contribution in [3.8, 4) is 16.9 Å². The van der Waals surface area contributed by atoms with Crippen molar-refractivity contribution in [1.29, 1.82) is 0 Å². The van der Waals surface area contributed by atoms with Crippen molar-refractivity contribution in [2.45, 2.75) is 33.4 Å². The van der Waals surface area contributed by atoms with Gasteiger partial charge in [-0.25, -0.2) is 4.98 Å². The number of benzene rings is 2. The van der Waals surface area contributed by atoms with Crippen molar-refractivity contribution in [1.82, 2.24) is 4.98 Å². The SMILES string of the molecule is Cc1cc(N)nc2cc(-c3ccc(OC(C)C)c(CN)c3)ccc12.Cl.Cl. The van der Waals surface area contributed by atoms with E-state index in [1.807, 2.05) is 32.9 Å². The molecule has 0 spiro atoms. The molecule has 0 aliphatic carbocycles. The predicted molar refractivity (Wildman–Crippen MR) is 114 cm³/mol. The molecule has 0 saturated carbocycles. The Hall–Kier alpha value is -2.01. The van der Waals surface area contributed by atoms with Crippen molar-refractivity contribution in [3.05, 3.63) is 53.6 Å². The Labute approximate surface area is 166 Å². The van der Waals surface area contributed by atoms with E-state index in [0.29, 0.717) is 12.4 Å². The average Bonchev–Trinajstić information content (AvgIpc) is 2.54. The summed E-state index contributed by atoms with van der Waals surface area (Å²) in [5, 5.41) is 1.12. The van der Waals surface area contributed by atoms with Gasteiger partial charge in [0.1, 0.15) is 11.6 Å². The Balaban J connectivity index is 0.00000169. The Kier molecular flexibility index (Phi) is 7.69. The highest BCUT2D eigenvalue weighted by Crippen LogP contribution is 2.30. The van der Waals surface area contributed by atoms with Crippen molar-refractivity contribution >= 4 is 41.5 Å². The molecule has 0 aliphatic rings. The van der Waals surface area contributed by atoms with Crippen LogP contribution in [-0.2, 0) is 6.54 Å². The maximum absolute atomic E-state index is 5.89. The van der Waals surface area contributed by atoms with Crippen LogP contribution in [0.2, 0.25) is 0 Å². The number of hydrogen-bond donors (Lipinski definition) is 2. The smallest absolute Gasteiger partial charge is 0.124 e. The van der Waals surface area contributed by atoms with Crippen molar-refractivity contribution in [2.24, 2.45) is 5.73 Å². The molecule has 1 heterocycles. The minimum Gasteiger partial charge on any atom is -0.491 e. The first kappa shape index (κ1) is 22.0. The van der Waals surface area contributed by atoms with Gasteiger partial charge in [-0.15, -0.1) is 24.8 Å². The van der Waals surface area contributed by atoms with Gasteiger partial charge in [0.05, 0.1) is 11.6 Å². The van der Waals surface area contributed by atoms with E-state index >= 15 is 0 Å². The molecular formula is C20H25Cl2N3O. The molecule has 26 heavy (non-hydrogen) atoms. The number of rotatable bonds is 4. The molecule has 4 nitrogen and oxygen atoms in total. The molecular weight excluding hydrogens is 369 g/mol. The highest BCUT2D eigenvalue weighted by molar-refractivity contribution is 5.88. The van der Waals surface area contributed by atoms with E-state index in [1.165, 1.54) is 0 Å². The standard InChI is InChI=1S/C20H23N3O.2ClH/c1-12(2)24-19-7-5-14(9-16(19)11-21)15-4-6-17-13(3)8-20(22)23-18(17)10-15;;/h4-10,12H,11,21H2,1-3H3,(H2,22,23);2*1H. The number of hydrogen-bond acceptors (Lipinski definition) is 4. The number of nitrogens with two attached hydrogens (primary N) is 2. The summed E-state index contributed by atoms with van der Waals surface area (Å²) in [7, 11) is 0. The van der Waals surface area contributed by atoms with Crippen LogP contribution >= 0.6 is 24.8 Å². The molecule has 0 unspecified atom stereocenters. The summed E-state index contributed by atoms with van der Waals surface area (Å²) in [4.78, 5) is 4.45. The minimum atomic E-state index is 0. The summed E-state index contributed by atoms with van der Waals surface area (Å²) in [6.07, 6.45) is 0.122. The molecule has 2 aromatic carbocycles. The summed E-state index contributed by atoms with van der Waals surface area (Å²) in [5.41, 5.74) is 17.0. The number of pyridine rings is 1. The van der Waals surface area contributed by atoms with E-state index < -0.39 is 0 Å². The number of aromatic nitrogens is 1. The third-order valence-electron chi connectivity index (χ3n) is 4.01. The Morgan fingerprint density at radius 2 is 1.65 bits per heavy atom. The van der Waals surface area contributed by atoms with Crippen molar-refractivity contribution in [2.75, 3.05) is 5.73 Å². The molecule has 0 bridgehead atoms. The van der Waals surface area contributed by atoms with Crippen LogP contribution in [0.4, 0.5) is 5.82 Å². The number of anilines is 1. The van der Waals surface area contributed by atoms with Crippen LogP contribution in [0, 0.1) is 6.92 Å². The van der Waals surface area contributed by atoms with E-state index in [0.717, 1.165) is 38.9 Å². The van der Waals surface area contributed by atoms with Gasteiger partial charge in [0.15, 0.2) is 0 Å². The number of nitrogens with zero attached hydrogens (tertiary/aromatic N) is 1. The molecule has 0 radical (unpaired) electrons. The topological polar surface area (TPSA) is 74.2 Å². The maximum Gasteiger partial charge on any atom is 0.124 e. The Bertz CT molecular complexity index is 898. The molecule has 3 rings (SSSR count). The highest BCUT2D eigenvalue weighted by atomic mass is 35.5. The first-order valence-electron chi connectivity index (χ1n) is 8.15. The molecule has 0 atom stereocenters. The van der Waals surface area contributed by atoms with Crippen LogP contribution in [-0.4, -0.2) is 11.1 Å². The second-order valence-corrected chi connectivity index (χ2v) is 6.29. The van der Waals surface area contributed by atoms with Gasteiger partial charge < -0.3 is 16.2 Å². The molecule has 0 aliphatic heterocycles. The minimum absolute atomic E-state index is 0.